The average Bonchev–Trinajstić information content (AvgIpc) is 2.79. The lowest BCUT2D eigenvalue weighted by Crippen LogP contribution is -2.57. The summed E-state index contributed by atoms with van der Waals surface area (Å²) in [6.45, 7) is 0.206. The van der Waals surface area contributed by atoms with Crippen LogP contribution in [0.25, 0.3) is 0 Å². The van der Waals surface area contributed by atoms with E-state index in [2.05, 4.69) is 33.6 Å². The number of thioether (sulfide) groups is 1. The third-order valence-electron chi connectivity index (χ3n) is 4.65. The van der Waals surface area contributed by atoms with Crippen LogP contribution in [-0.4, -0.2) is 89.1 Å². The Balaban J connectivity index is 5.50. The van der Waals surface area contributed by atoms with Gasteiger partial charge in [0.1, 0.15) is 18.1 Å². The molecule has 200 valence electrons. The van der Waals surface area contributed by atoms with Gasteiger partial charge >= 0.3 is 5.97 Å². The highest BCUT2D eigenvalue weighted by Gasteiger charge is 2.30. The van der Waals surface area contributed by atoms with Gasteiger partial charge < -0.3 is 44.0 Å². The van der Waals surface area contributed by atoms with Crippen molar-refractivity contribution in [2.24, 2.45) is 27.9 Å². The number of nitrogens with zero attached hydrogens (tertiary/aromatic N) is 1. The molecule has 14 nitrogen and oxygen atoms in total. The van der Waals surface area contributed by atoms with Crippen molar-refractivity contribution in [1.82, 2.24) is 16.0 Å². The molecule has 4 atom stereocenters. The zero-order valence-electron chi connectivity index (χ0n) is 19.6. The number of carbonyl (C=O) groups is 5. The van der Waals surface area contributed by atoms with Crippen LogP contribution in [0.3, 0.4) is 0 Å². The zero-order valence-corrected chi connectivity index (χ0v) is 21.3. The lowest BCUT2D eigenvalue weighted by molar-refractivity contribution is -0.142. The number of carbonyl (C=O) groups excluding carboxylic acids is 4. The minimum absolute atomic E-state index is 0.0504. The number of hydrogen-bond acceptors (Lipinski definition) is 9. The topological polar surface area (TPSA) is 258 Å². The molecule has 0 aliphatic carbocycles. The van der Waals surface area contributed by atoms with E-state index in [0.29, 0.717) is 12.2 Å². The molecule has 0 aromatic carbocycles. The Morgan fingerprint density at radius 3 is 1.94 bits per heavy atom. The molecule has 0 aliphatic heterocycles. The van der Waals surface area contributed by atoms with Crippen molar-refractivity contribution < 1.29 is 29.1 Å². The molecule has 0 aromatic heterocycles. The van der Waals surface area contributed by atoms with Gasteiger partial charge in [-0.2, -0.15) is 24.4 Å². The molecule has 0 aromatic rings. The maximum atomic E-state index is 13.0. The van der Waals surface area contributed by atoms with E-state index in [1.807, 2.05) is 0 Å². The molecular formula is C19H36N8O6S2. The van der Waals surface area contributed by atoms with Crippen LogP contribution in [-0.2, 0) is 24.0 Å². The van der Waals surface area contributed by atoms with Crippen molar-refractivity contribution in [3.8, 4) is 0 Å². The number of aliphatic carboxylic acids is 1. The molecule has 16 heteroatoms. The van der Waals surface area contributed by atoms with Crippen molar-refractivity contribution >= 4 is 59.9 Å². The van der Waals surface area contributed by atoms with Crippen molar-refractivity contribution in [3.05, 3.63) is 0 Å². The van der Waals surface area contributed by atoms with Crippen molar-refractivity contribution in [3.63, 3.8) is 0 Å². The number of aliphatic imine (C=N–C) groups is 1. The zero-order chi connectivity index (χ0) is 27.0. The summed E-state index contributed by atoms with van der Waals surface area (Å²) in [6, 6.07) is -4.48. The number of guanidine groups is 1. The number of nitrogens with one attached hydrogen (secondary N) is 3. The van der Waals surface area contributed by atoms with E-state index in [1.165, 1.54) is 11.8 Å². The molecule has 0 rings (SSSR count). The summed E-state index contributed by atoms with van der Waals surface area (Å²) < 4.78 is 0. The smallest absolute Gasteiger partial charge is 0.326 e. The Morgan fingerprint density at radius 2 is 1.46 bits per heavy atom. The van der Waals surface area contributed by atoms with Crippen LogP contribution in [0.1, 0.15) is 32.1 Å². The van der Waals surface area contributed by atoms with Crippen LogP contribution in [0, 0.1) is 0 Å². The van der Waals surface area contributed by atoms with Gasteiger partial charge in [0, 0.05) is 18.7 Å². The average molecular weight is 537 g/mol. The molecule has 0 heterocycles. The third kappa shape index (κ3) is 14.3. The first-order valence-electron chi connectivity index (χ1n) is 10.8. The summed E-state index contributed by atoms with van der Waals surface area (Å²) >= 11 is 5.39. The van der Waals surface area contributed by atoms with Crippen LogP contribution in [0.5, 0.6) is 0 Å². The highest BCUT2D eigenvalue weighted by Crippen LogP contribution is 2.06. The van der Waals surface area contributed by atoms with E-state index in [-0.39, 0.29) is 43.9 Å². The first kappa shape index (κ1) is 32.3. The van der Waals surface area contributed by atoms with Gasteiger partial charge in [0.25, 0.3) is 0 Å². The fourth-order valence-corrected chi connectivity index (χ4v) is 3.36. The second kappa shape index (κ2) is 17.7. The highest BCUT2D eigenvalue weighted by molar-refractivity contribution is 7.98. The standard InChI is InChI=1S/C19H36N8O6S2/c1-35-8-6-12(17(31)27-13(18(32)33)4-5-14(21)28)26-16(30)11(3-2-7-24-19(22)23)25-15(29)10(20)9-34/h10-13,34H,2-9,20H2,1H3,(H2,21,28)(H,25,29)(H,26,30)(H,27,31)(H,32,33)(H4,22,23,24). The number of primary amides is 1. The van der Waals surface area contributed by atoms with E-state index < -0.39 is 53.8 Å². The van der Waals surface area contributed by atoms with Crippen LogP contribution in [0.2, 0.25) is 0 Å². The monoisotopic (exact) mass is 536 g/mol. The van der Waals surface area contributed by atoms with Gasteiger partial charge in [0.2, 0.25) is 23.6 Å². The SMILES string of the molecule is CSCCC(NC(=O)C(CCCN=C(N)N)NC(=O)C(N)CS)C(=O)NC(CCC(N)=O)C(=O)O. The number of amides is 4. The Bertz CT molecular complexity index is 766. The molecule has 12 N–H and O–H groups in total. The number of carboxylic acids is 1. The Morgan fingerprint density at radius 1 is 0.914 bits per heavy atom. The number of hydrogen-bond donors (Lipinski definition) is 9. The second-order valence-electron chi connectivity index (χ2n) is 7.55. The first-order valence-corrected chi connectivity index (χ1v) is 12.8. The maximum Gasteiger partial charge on any atom is 0.326 e. The summed E-state index contributed by atoms with van der Waals surface area (Å²) in [5.41, 5.74) is 21.3. The summed E-state index contributed by atoms with van der Waals surface area (Å²) in [5.74, 6) is -3.67. The lowest BCUT2D eigenvalue weighted by atomic mass is 10.1. The molecule has 4 unspecified atom stereocenters. The van der Waals surface area contributed by atoms with E-state index in [9.17, 15) is 29.1 Å². The maximum absolute atomic E-state index is 13.0. The van der Waals surface area contributed by atoms with Gasteiger partial charge in [0.05, 0.1) is 6.04 Å². The molecule has 0 fully saturated rings. The Labute approximate surface area is 213 Å². The molecule has 35 heavy (non-hydrogen) atoms. The van der Waals surface area contributed by atoms with Gasteiger partial charge in [0.15, 0.2) is 5.96 Å². The quantitative estimate of drug-likeness (QED) is 0.0368. The normalized spacial score (nSPS) is 14.0. The van der Waals surface area contributed by atoms with Gasteiger partial charge in [-0.15, -0.1) is 0 Å². The molecule has 0 spiro atoms. The van der Waals surface area contributed by atoms with Crippen LogP contribution >= 0.6 is 24.4 Å². The second-order valence-corrected chi connectivity index (χ2v) is 8.90. The number of carboxylic acid groups (broad SMARTS) is 1. The molecule has 4 amide bonds. The van der Waals surface area contributed by atoms with Crippen molar-refractivity contribution in [2.75, 3.05) is 24.3 Å². The van der Waals surface area contributed by atoms with Crippen LogP contribution in [0.4, 0.5) is 0 Å². The fourth-order valence-electron chi connectivity index (χ4n) is 2.73. The lowest BCUT2D eigenvalue weighted by Gasteiger charge is -2.25. The molecule has 0 bridgehead atoms. The fraction of sp³-hybridized carbons (Fsp3) is 0.684. The van der Waals surface area contributed by atoms with Crippen molar-refractivity contribution in [2.45, 2.75) is 56.3 Å². The Kier molecular flexibility index (Phi) is 16.3. The largest absolute Gasteiger partial charge is 0.480 e. The molecular weight excluding hydrogens is 500 g/mol. The molecule has 0 radical (unpaired) electrons. The first-order chi connectivity index (χ1) is 16.4. The molecule has 0 saturated heterocycles. The number of nitrogens with two attached hydrogens (primary N) is 4. The van der Waals surface area contributed by atoms with Gasteiger partial charge in [-0.1, -0.05) is 0 Å². The molecule has 0 aliphatic rings. The third-order valence-corrected chi connectivity index (χ3v) is 5.69. The van der Waals surface area contributed by atoms with E-state index >= 15 is 0 Å². The predicted molar refractivity (Wildman–Crippen MR) is 137 cm³/mol. The van der Waals surface area contributed by atoms with E-state index in [1.54, 1.807) is 6.26 Å². The Hall–Kier alpha value is -2.72. The molecule has 0 saturated carbocycles. The van der Waals surface area contributed by atoms with Gasteiger partial charge in [-0.05, 0) is 37.7 Å². The minimum Gasteiger partial charge on any atom is -0.480 e. The van der Waals surface area contributed by atoms with Crippen LogP contribution in [0.15, 0.2) is 4.99 Å². The van der Waals surface area contributed by atoms with Crippen molar-refractivity contribution in [1.29, 1.82) is 0 Å². The predicted octanol–water partition coefficient (Wildman–Crippen LogP) is -3.15. The summed E-state index contributed by atoms with van der Waals surface area (Å²) in [6.07, 6.45) is 2.02. The van der Waals surface area contributed by atoms with Gasteiger partial charge in [-0.25, -0.2) is 4.79 Å². The van der Waals surface area contributed by atoms with E-state index in [4.69, 9.17) is 22.9 Å². The van der Waals surface area contributed by atoms with Gasteiger partial charge in [-0.3, -0.25) is 24.2 Å². The highest BCUT2D eigenvalue weighted by atomic mass is 32.2. The summed E-state index contributed by atoms with van der Waals surface area (Å²) in [5, 5.41) is 16.8. The minimum atomic E-state index is -1.37. The summed E-state index contributed by atoms with van der Waals surface area (Å²) in [4.78, 5) is 64.3. The number of rotatable bonds is 18. The summed E-state index contributed by atoms with van der Waals surface area (Å²) in [7, 11) is 0. The van der Waals surface area contributed by atoms with Crippen LogP contribution < -0.4 is 38.9 Å². The van der Waals surface area contributed by atoms with E-state index in [0.717, 1.165) is 0 Å². The number of thiol groups is 1.